The number of alkyl halides is 3. The van der Waals surface area contributed by atoms with Gasteiger partial charge in [0.2, 0.25) is 5.28 Å². The summed E-state index contributed by atoms with van der Waals surface area (Å²) in [5, 5.41) is -0.287. The van der Waals surface area contributed by atoms with Crippen molar-refractivity contribution in [2.24, 2.45) is 0 Å². The van der Waals surface area contributed by atoms with Gasteiger partial charge in [0.15, 0.2) is 11.6 Å². The molecule has 0 aromatic carbocycles. The van der Waals surface area contributed by atoms with Gasteiger partial charge in [-0.05, 0) is 18.0 Å². The number of rotatable bonds is 4. The molecule has 3 nitrogen and oxygen atoms in total. The smallest absolute Gasteiger partial charge is 0.345 e. The minimum absolute atomic E-state index is 0.0315. The Morgan fingerprint density at radius 2 is 2.06 bits per heavy atom. The summed E-state index contributed by atoms with van der Waals surface area (Å²) in [6.07, 6.45) is -3.25. The van der Waals surface area contributed by atoms with E-state index >= 15 is 0 Å². The first-order valence-electron chi connectivity index (χ1n) is 4.83. The molecule has 0 amide bonds. The van der Waals surface area contributed by atoms with Gasteiger partial charge in [-0.3, -0.25) is 0 Å². The molecule has 1 aromatic heterocycles. The summed E-state index contributed by atoms with van der Waals surface area (Å²) in [6, 6.07) is 0. The van der Waals surface area contributed by atoms with Gasteiger partial charge >= 0.3 is 6.18 Å². The lowest BCUT2D eigenvalue weighted by Crippen LogP contribution is -2.36. The summed E-state index contributed by atoms with van der Waals surface area (Å²) in [7, 11) is 0. The van der Waals surface area contributed by atoms with E-state index in [-0.39, 0.29) is 11.8 Å². The molecular weight excluding hydrogens is 262 g/mol. The Hall–Kier alpha value is -1.11. The molecule has 0 aliphatic carbocycles. The Morgan fingerprint density at radius 3 is 2.59 bits per heavy atom. The van der Waals surface area contributed by atoms with Gasteiger partial charge in [0.25, 0.3) is 0 Å². The Balaban J connectivity index is 3.00. The lowest BCUT2D eigenvalue weighted by atomic mass is 10.3. The highest BCUT2D eigenvalue weighted by molar-refractivity contribution is 6.28. The van der Waals surface area contributed by atoms with Crippen molar-refractivity contribution in [2.75, 3.05) is 18.0 Å². The topological polar surface area (TPSA) is 29.0 Å². The van der Waals surface area contributed by atoms with Gasteiger partial charge in [0, 0.05) is 6.54 Å². The minimum Gasteiger partial charge on any atom is -0.345 e. The first-order chi connectivity index (χ1) is 7.83. The second-order valence-corrected chi connectivity index (χ2v) is 3.69. The molecule has 0 bridgehead atoms. The van der Waals surface area contributed by atoms with Gasteiger partial charge in [-0.25, -0.2) is 9.37 Å². The van der Waals surface area contributed by atoms with E-state index in [0.29, 0.717) is 6.42 Å². The zero-order valence-electron chi connectivity index (χ0n) is 8.93. The molecule has 0 aliphatic heterocycles. The van der Waals surface area contributed by atoms with Crippen LogP contribution in [0.3, 0.4) is 0 Å². The minimum atomic E-state index is -4.43. The van der Waals surface area contributed by atoms with Crippen LogP contribution in [-0.4, -0.2) is 29.2 Å². The van der Waals surface area contributed by atoms with Crippen LogP contribution in [0.15, 0.2) is 6.20 Å². The van der Waals surface area contributed by atoms with E-state index in [0.717, 1.165) is 11.1 Å². The molecule has 0 unspecified atom stereocenters. The van der Waals surface area contributed by atoms with Crippen molar-refractivity contribution in [2.45, 2.75) is 19.5 Å². The van der Waals surface area contributed by atoms with Gasteiger partial charge in [-0.15, -0.1) is 0 Å². The number of hydrogen-bond acceptors (Lipinski definition) is 3. The second kappa shape index (κ2) is 5.48. The van der Waals surface area contributed by atoms with E-state index in [4.69, 9.17) is 11.6 Å². The van der Waals surface area contributed by atoms with Gasteiger partial charge in [0.05, 0.1) is 6.20 Å². The molecule has 0 aliphatic rings. The van der Waals surface area contributed by atoms with Crippen LogP contribution in [0.1, 0.15) is 13.3 Å². The Kier molecular flexibility index (Phi) is 4.50. The molecule has 0 saturated heterocycles. The van der Waals surface area contributed by atoms with E-state index in [2.05, 4.69) is 9.97 Å². The van der Waals surface area contributed by atoms with Crippen LogP contribution in [0.5, 0.6) is 0 Å². The van der Waals surface area contributed by atoms with Gasteiger partial charge in [-0.1, -0.05) is 6.92 Å². The van der Waals surface area contributed by atoms with E-state index in [1.165, 1.54) is 0 Å². The first-order valence-corrected chi connectivity index (χ1v) is 5.21. The predicted octanol–water partition coefficient (Wildman–Crippen LogP) is 3.05. The molecule has 0 atom stereocenters. The van der Waals surface area contributed by atoms with E-state index < -0.39 is 24.4 Å². The molecular formula is C9H10ClF4N3. The maximum atomic E-state index is 13.3. The lowest BCUT2D eigenvalue weighted by Gasteiger charge is -2.24. The van der Waals surface area contributed by atoms with Crippen LogP contribution in [0.2, 0.25) is 5.28 Å². The molecule has 8 heteroatoms. The maximum Gasteiger partial charge on any atom is 0.405 e. The Labute approximate surface area is 100 Å². The normalized spacial score (nSPS) is 11.6. The van der Waals surface area contributed by atoms with Crippen molar-refractivity contribution in [3.05, 3.63) is 17.3 Å². The fourth-order valence-electron chi connectivity index (χ4n) is 1.31. The largest absolute Gasteiger partial charge is 0.405 e. The van der Waals surface area contributed by atoms with Crippen molar-refractivity contribution < 1.29 is 17.6 Å². The molecule has 1 heterocycles. The van der Waals surface area contributed by atoms with Gasteiger partial charge in [-0.2, -0.15) is 18.2 Å². The summed E-state index contributed by atoms with van der Waals surface area (Å²) < 4.78 is 50.2. The van der Waals surface area contributed by atoms with Crippen LogP contribution >= 0.6 is 11.6 Å². The number of aromatic nitrogens is 2. The van der Waals surface area contributed by atoms with Crippen molar-refractivity contribution in [3.63, 3.8) is 0 Å². The van der Waals surface area contributed by atoms with Crippen molar-refractivity contribution >= 4 is 17.4 Å². The summed E-state index contributed by atoms with van der Waals surface area (Å²) >= 11 is 5.44. The molecule has 0 radical (unpaired) electrons. The Morgan fingerprint density at radius 1 is 1.41 bits per heavy atom. The lowest BCUT2D eigenvalue weighted by molar-refractivity contribution is -0.119. The number of halogens is 5. The van der Waals surface area contributed by atoms with Gasteiger partial charge < -0.3 is 4.90 Å². The van der Waals surface area contributed by atoms with E-state index in [1.807, 2.05) is 0 Å². The standard InChI is InChI=1S/C9H10ClF4N3/c1-2-3-17(5-9(12,13)14)7-6(11)4-15-8(10)16-7/h4H,2-3,5H2,1H3. The third-order valence-corrected chi connectivity index (χ3v) is 2.04. The number of hydrogen-bond donors (Lipinski definition) is 0. The summed E-state index contributed by atoms with van der Waals surface area (Å²) in [5.74, 6) is -1.35. The van der Waals surface area contributed by atoms with E-state index in [9.17, 15) is 17.6 Å². The van der Waals surface area contributed by atoms with Crippen LogP contribution < -0.4 is 4.90 Å². The fraction of sp³-hybridized carbons (Fsp3) is 0.556. The molecule has 1 rings (SSSR count). The number of nitrogens with zero attached hydrogens (tertiary/aromatic N) is 3. The van der Waals surface area contributed by atoms with Crippen molar-refractivity contribution in [1.82, 2.24) is 9.97 Å². The SMILES string of the molecule is CCCN(CC(F)(F)F)c1nc(Cl)ncc1F. The summed E-state index contributed by atoms with van der Waals surface area (Å²) in [4.78, 5) is 7.63. The van der Waals surface area contributed by atoms with Crippen molar-refractivity contribution in [1.29, 1.82) is 0 Å². The third-order valence-electron chi connectivity index (χ3n) is 1.86. The zero-order valence-corrected chi connectivity index (χ0v) is 9.69. The highest BCUT2D eigenvalue weighted by atomic mass is 35.5. The average molecular weight is 272 g/mol. The second-order valence-electron chi connectivity index (χ2n) is 3.35. The molecule has 96 valence electrons. The van der Waals surface area contributed by atoms with Crippen LogP contribution in [-0.2, 0) is 0 Å². The molecule has 0 fully saturated rings. The summed E-state index contributed by atoms with van der Waals surface area (Å²) in [6.45, 7) is 0.443. The number of anilines is 1. The molecule has 0 saturated carbocycles. The highest BCUT2D eigenvalue weighted by Gasteiger charge is 2.32. The van der Waals surface area contributed by atoms with Crippen LogP contribution in [0.4, 0.5) is 23.4 Å². The van der Waals surface area contributed by atoms with E-state index in [1.54, 1.807) is 6.92 Å². The fourth-order valence-corrected chi connectivity index (χ4v) is 1.43. The Bertz CT molecular complexity index is 383. The molecule has 1 aromatic rings. The first kappa shape index (κ1) is 14.0. The van der Waals surface area contributed by atoms with Crippen LogP contribution in [0.25, 0.3) is 0 Å². The predicted molar refractivity (Wildman–Crippen MR) is 55.6 cm³/mol. The van der Waals surface area contributed by atoms with Gasteiger partial charge in [0.1, 0.15) is 6.54 Å². The monoisotopic (exact) mass is 271 g/mol. The van der Waals surface area contributed by atoms with Crippen LogP contribution in [0, 0.1) is 5.82 Å². The highest BCUT2D eigenvalue weighted by Crippen LogP contribution is 2.23. The maximum absolute atomic E-state index is 13.3. The molecule has 0 spiro atoms. The summed E-state index contributed by atoms with van der Waals surface area (Å²) in [5.41, 5.74) is 0. The molecule has 17 heavy (non-hydrogen) atoms. The van der Waals surface area contributed by atoms with Crippen molar-refractivity contribution in [3.8, 4) is 0 Å². The molecule has 0 N–H and O–H groups in total. The zero-order chi connectivity index (χ0) is 13.1. The quantitative estimate of drug-likeness (QED) is 0.623. The average Bonchev–Trinajstić information content (AvgIpc) is 2.19. The third kappa shape index (κ3) is 4.33.